The predicted octanol–water partition coefficient (Wildman–Crippen LogP) is 3.34. The topological polar surface area (TPSA) is 17.8 Å². The van der Waals surface area contributed by atoms with Gasteiger partial charge in [0.15, 0.2) is 0 Å². The quantitative estimate of drug-likeness (QED) is 0.760. The maximum atomic E-state index is 12.7. The molecule has 0 fully saturated rings. The monoisotopic (exact) mass is 242 g/mol. The van der Waals surface area contributed by atoms with Crippen molar-refractivity contribution in [3.63, 3.8) is 0 Å². The third kappa shape index (κ3) is 1.87. The van der Waals surface area contributed by atoms with E-state index in [1.54, 1.807) is 12.1 Å². The molecule has 0 N–H and O–H groups in total. The summed E-state index contributed by atoms with van der Waals surface area (Å²) in [6, 6.07) is 6.02. The zero-order chi connectivity index (χ0) is 11.0. The van der Waals surface area contributed by atoms with E-state index in [1.165, 1.54) is 16.2 Å². The number of hydrogen-bond acceptors (Lipinski definition) is 2. The van der Waals surface area contributed by atoms with Crippen LogP contribution in [0.25, 0.3) is 11.3 Å². The summed E-state index contributed by atoms with van der Waals surface area (Å²) in [5, 5.41) is 4.67. The minimum Gasteiger partial charge on any atom is -0.212 e. The molecule has 0 aliphatic carbocycles. The maximum Gasteiger partial charge on any atom is 0.123 e. The molecule has 0 saturated carbocycles. The highest BCUT2D eigenvalue weighted by Crippen LogP contribution is 2.29. The van der Waals surface area contributed by atoms with Gasteiger partial charge < -0.3 is 0 Å². The second-order valence-corrected chi connectivity index (χ2v) is 3.90. The standard InChI is InChI=1S/C10H8ClFN2S/c1-6-9(11)10(13-14(6)15)7-2-4-8(12)5-3-7/h2-5,15H,1H3. The van der Waals surface area contributed by atoms with Crippen LogP contribution in [-0.2, 0) is 0 Å². The van der Waals surface area contributed by atoms with Gasteiger partial charge in [0.1, 0.15) is 11.5 Å². The lowest BCUT2D eigenvalue weighted by Crippen LogP contribution is -1.85. The van der Waals surface area contributed by atoms with Crippen LogP contribution in [0.2, 0.25) is 5.02 Å². The SMILES string of the molecule is Cc1c(Cl)c(-c2ccc(F)cc2)nn1S. The zero-order valence-electron chi connectivity index (χ0n) is 7.91. The average molecular weight is 243 g/mol. The lowest BCUT2D eigenvalue weighted by molar-refractivity contribution is 0.628. The molecular weight excluding hydrogens is 235 g/mol. The first kappa shape index (κ1) is 10.5. The Balaban J connectivity index is 2.54. The summed E-state index contributed by atoms with van der Waals surface area (Å²) in [5.41, 5.74) is 2.15. The van der Waals surface area contributed by atoms with Crippen molar-refractivity contribution < 1.29 is 4.39 Å². The second-order valence-electron chi connectivity index (χ2n) is 3.14. The van der Waals surface area contributed by atoms with E-state index in [0.717, 1.165) is 11.3 Å². The molecule has 0 atom stereocenters. The van der Waals surface area contributed by atoms with E-state index in [0.29, 0.717) is 10.7 Å². The van der Waals surface area contributed by atoms with Gasteiger partial charge in [-0.25, -0.2) is 8.48 Å². The summed E-state index contributed by atoms with van der Waals surface area (Å²) < 4.78 is 14.1. The maximum absolute atomic E-state index is 12.7. The van der Waals surface area contributed by atoms with Crippen LogP contribution in [-0.4, -0.2) is 9.19 Å². The van der Waals surface area contributed by atoms with Crippen molar-refractivity contribution in [2.75, 3.05) is 0 Å². The van der Waals surface area contributed by atoms with Crippen LogP contribution < -0.4 is 0 Å². The summed E-state index contributed by atoms with van der Waals surface area (Å²) in [4.78, 5) is 0. The third-order valence-corrected chi connectivity index (χ3v) is 2.98. The van der Waals surface area contributed by atoms with E-state index >= 15 is 0 Å². The minimum atomic E-state index is -0.281. The molecule has 15 heavy (non-hydrogen) atoms. The fourth-order valence-electron chi connectivity index (χ4n) is 1.26. The van der Waals surface area contributed by atoms with Gasteiger partial charge in [0.25, 0.3) is 0 Å². The molecular formula is C10H8ClFN2S. The first-order valence-corrected chi connectivity index (χ1v) is 5.07. The van der Waals surface area contributed by atoms with Crippen LogP contribution in [0.4, 0.5) is 4.39 Å². The highest BCUT2D eigenvalue weighted by Gasteiger charge is 2.12. The van der Waals surface area contributed by atoms with Crippen molar-refractivity contribution in [3.05, 3.63) is 40.8 Å². The molecule has 2 nitrogen and oxygen atoms in total. The molecule has 0 aliphatic rings. The molecule has 2 aromatic rings. The summed E-state index contributed by atoms with van der Waals surface area (Å²) >= 11 is 10.2. The first-order chi connectivity index (χ1) is 7.09. The van der Waals surface area contributed by atoms with Gasteiger partial charge in [0.2, 0.25) is 0 Å². The van der Waals surface area contributed by atoms with Crippen molar-refractivity contribution in [3.8, 4) is 11.3 Å². The Bertz CT molecular complexity index is 493. The summed E-state index contributed by atoms with van der Waals surface area (Å²) in [5.74, 6) is -0.281. The lowest BCUT2D eigenvalue weighted by atomic mass is 10.1. The van der Waals surface area contributed by atoms with Gasteiger partial charge in [-0.15, -0.1) is 0 Å². The Morgan fingerprint density at radius 3 is 2.40 bits per heavy atom. The fourth-order valence-corrected chi connectivity index (χ4v) is 1.74. The van der Waals surface area contributed by atoms with Crippen LogP contribution in [0.1, 0.15) is 5.69 Å². The highest BCUT2D eigenvalue weighted by molar-refractivity contribution is 7.78. The number of nitrogens with zero attached hydrogens (tertiary/aromatic N) is 2. The number of halogens is 2. The Hall–Kier alpha value is -1.00. The molecule has 0 bridgehead atoms. The molecule has 5 heteroatoms. The Labute approximate surface area is 97.2 Å². The van der Waals surface area contributed by atoms with Crippen molar-refractivity contribution >= 4 is 24.4 Å². The smallest absolute Gasteiger partial charge is 0.123 e. The summed E-state index contributed by atoms with van der Waals surface area (Å²) in [7, 11) is 0. The van der Waals surface area contributed by atoms with Crippen LogP contribution in [0, 0.1) is 12.7 Å². The van der Waals surface area contributed by atoms with E-state index in [-0.39, 0.29) is 5.82 Å². The molecule has 0 spiro atoms. The van der Waals surface area contributed by atoms with Crippen molar-refractivity contribution in [1.29, 1.82) is 0 Å². The molecule has 1 aromatic heterocycles. The molecule has 0 saturated heterocycles. The van der Waals surface area contributed by atoms with Crippen LogP contribution in [0.3, 0.4) is 0 Å². The van der Waals surface area contributed by atoms with Gasteiger partial charge in [0, 0.05) is 5.56 Å². The molecule has 0 unspecified atom stereocenters. The van der Waals surface area contributed by atoms with Gasteiger partial charge in [-0.1, -0.05) is 11.6 Å². The second kappa shape index (κ2) is 3.87. The minimum absolute atomic E-state index is 0.281. The zero-order valence-corrected chi connectivity index (χ0v) is 9.56. The Morgan fingerprint density at radius 2 is 1.93 bits per heavy atom. The number of benzene rings is 1. The molecule has 1 aromatic carbocycles. The van der Waals surface area contributed by atoms with Gasteiger partial charge in [-0.05, 0) is 44.0 Å². The molecule has 1 heterocycles. The van der Waals surface area contributed by atoms with E-state index in [4.69, 9.17) is 11.6 Å². The predicted molar refractivity (Wildman–Crippen MR) is 61.8 cm³/mol. The molecule has 0 radical (unpaired) electrons. The van der Waals surface area contributed by atoms with E-state index < -0.39 is 0 Å². The number of thiol groups is 1. The summed E-state index contributed by atoms with van der Waals surface area (Å²) in [6.07, 6.45) is 0. The van der Waals surface area contributed by atoms with E-state index in [9.17, 15) is 4.39 Å². The third-order valence-electron chi connectivity index (χ3n) is 2.14. The number of hydrogen-bond donors (Lipinski definition) is 1. The van der Waals surface area contributed by atoms with Gasteiger partial charge in [-0.3, -0.25) is 0 Å². The Kier molecular flexibility index (Phi) is 2.71. The van der Waals surface area contributed by atoms with Gasteiger partial charge in [-0.2, -0.15) is 5.10 Å². The molecule has 0 amide bonds. The molecule has 0 aliphatic heterocycles. The lowest BCUT2D eigenvalue weighted by Gasteiger charge is -1.96. The highest BCUT2D eigenvalue weighted by atomic mass is 35.5. The van der Waals surface area contributed by atoms with Crippen LogP contribution in [0.15, 0.2) is 24.3 Å². The largest absolute Gasteiger partial charge is 0.212 e. The normalized spacial score (nSPS) is 10.7. The first-order valence-electron chi connectivity index (χ1n) is 4.30. The van der Waals surface area contributed by atoms with E-state index in [1.807, 2.05) is 6.92 Å². The number of rotatable bonds is 1. The molecule has 2 rings (SSSR count). The van der Waals surface area contributed by atoms with Crippen molar-refractivity contribution in [1.82, 2.24) is 9.19 Å². The Morgan fingerprint density at radius 1 is 1.33 bits per heavy atom. The van der Waals surface area contributed by atoms with Gasteiger partial charge >= 0.3 is 0 Å². The fraction of sp³-hybridized carbons (Fsp3) is 0.100. The van der Waals surface area contributed by atoms with Crippen LogP contribution in [0.5, 0.6) is 0 Å². The average Bonchev–Trinajstić information content (AvgIpc) is 2.47. The van der Waals surface area contributed by atoms with E-state index in [2.05, 4.69) is 17.9 Å². The van der Waals surface area contributed by atoms with Crippen molar-refractivity contribution in [2.45, 2.75) is 6.92 Å². The van der Waals surface area contributed by atoms with Gasteiger partial charge in [0.05, 0.1) is 10.7 Å². The molecule has 78 valence electrons. The van der Waals surface area contributed by atoms with Crippen molar-refractivity contribution in [2.24, 2.45) is 0 Å². The summed E-state index contributed by atoms with van der Waals surface area (Å²) in [6.45, 7) is 1.81. The van der Waals surface area contributed by atoms with Crippen LogP contribution >= 0.6 is 24.4 Å². The number of aromatic nitrogens is 2.